The molecule has 0 aliphatic carbocycles. The molecule has 0 saturated carbocycles. The second-order valence-electron chi connectivity index (χ2n) is 4.94. The molecule has 0 amide bonds. The van der Waals surface area contributed by atoms with E-state index in [1.807, 2.05) is 25.1 Å². The predicted octanol–water partition coefficient (Wildman–Crippen LogP) is 3.92. The number of nitrogens with zero attached hydrogens (tertiary/aromatic N) is 2. The summed E-state index contributed by atoms with van der Waals surface area (Å²) >= 11 is 0. The normalized spacial score (nSPS) is 10.5. The van der Waals surface area contributed by atoms with E-state index >= 15 is 0 Å². The van der Waals surface area contributed by atoms with Gasteiger partial charge in [-0.25, -0.2) is 4.98 Å². The van der Waals surface area contributed by atoms with E-state index < -0.39 is 0 Å². The Balaban J connectivity index is 2.24. The number of fused-ring (bicyclic) bond motifs is 1. The minimum Gasteiger partial charge on any atom is -0.383 e. The lowest BCUT2D eigenvalue weighted by Gasteiger charge is -2.10. The number of hydrogen-bond donors (Lipinski definition) is 1. The summed E-state index contributed by atoms with van der Waals surface area (Å²) in [4.78, 5) is 4.37. The van der Waals surface area contributed by atoms with Crippen LogP contribution in [0.15, 0.2) is 48.5 Å². The van der Waals surface area contributed by atoms with Crippen molar-refractivity contribution in [3.63, 3.8) is 0 Å². The van der Waals surface area contributed by atoms with Crippen molar-refractivity contribution in [1.82, 2.24) is 4.98 Å². The molecule has 3 aromatic rings. The van der Waals surface area contributed by atoms with E-state index in [0.717, 1.165) is 23.2 Å². The SMILES string of the molecule is CCc1nc(N)c(C#N)cc1-c1ccc2ccccc2c1. The summed E-state index contributed by atoms with van der Waals surface area (Å²) in [7, 11) is 0. The van der Waals surface area contributed by atoms with Crippen LogP contribution in [0.3, 0.4) is 0 Å². The Bertz CT molecular complexity index is 860. The second-order valence-corrected chi connectivity index (χ2v) is 4.94. The van der Waals surface area contributed by atoms with Crippen LogP contribution < -0.4 is 5.73 Å². The largest absolute Gasteiger partial charge is 0.383 e. The van der Waals surface area contributed by atoms with Gasteiger partial charge in [0.05, 0.1) is 11.3 Å². The number of rotatable bonds is 2. The van der Waals surface area contributed by atoms with Gasteiger partial charge in [-0.1, -0.05) is 43.3 Å². The third-order valence-electron chi connectivity index (χ3n) is 3.65. The van der Waals surface area contributed by atoms with E-state index in [1.165, 1.54) is 10.8 Å². The molecule has 2 aromatic carbocycles. The lowest BCUT2D eigenvalue weighted by atomic mass is 9.98. The molecule has 0 aliphatic rings. The molecule has 1 heterocycles. The van der Waals surface area contributed by atoms with E-state index in [2.05, 4.69) is 41.4 Å². The summed E-state index contributed by atoms with van der Waals surface area (Å²) in [6.45, 7) is 2.04. The average Bonchev–Trinajstić information content (AvgIpc) is 2.54. The van der Waals surface area contributed by atoms with Crippen LogP contribution >= 0.6 is 0 Å². The fraction of sp³-hybridized carbons (Fsp3) is 0.111. The molecule has 21 heavy (non-hydrogen) atoms. The van der Waals surface area contributed by atoms with E-state index in [9.17, 15) is 0 Å². The van der Waals surface area contributed by atoms with Gasteiger partial charge in [-0.05, 0) is 34.9 Å². The van der Waals surface area contributed by atoms with Gasteiger partial charge in [-0.2, -0.15) is 5.26 Å². The van der Waals surface area contributed by atoms with Gasteiger partial charge in [0, 0.05) is 5.56 Å². The number of nitrogen functional groups attached to an aromatic ring is 1. The summed E-state index contributed by atoms with van der Waals surface area (Å²) in [6.07, 6.45) is 0.776. The number of anilines is 1. The van der Waals surface area contributed by atoms with Crippen molar-refractivity contribution < 1.29 is 0 Å². The van der Waals surface area contributed by atoms with Gasteiger partial charge in [0.25, 0.3) is 0 Å². The molecule has 0 atom stereocenters. The smallest absolute Gasteiger partial charge is 0.141 e. The van der Waals surface area contributed by atoms with Crippen LogP contribution in [0.25, 0.3) is 21.9 Å². The molecular formula is C18H15N3. The lowest BCUT2D eigenvalue weighted by molar-refractivity contribution is 1.04. The zero-order chi connectivity index (χ0) is 14.8. The highest BCUT2D eigenvalue weighted by atomic mass is 14.8. The van der Waals surface area contributed by atoms with Crippen LogP contribution in [0, 0.1) is 11.3 Å². The summed E-state index contributed by atoms with van der Waals surface area (Å²) < 4.78 is 0. The highest BCUT2D eigenvalue weighted by Gasteiger charge is 2.10. The first-order valence-electron chi connectivity index (χ1n) is 6.91. The first-order chi connectivity index (χ1) is 10.2. The van der Waals surface area contributed by atoms with E-state index in [-0.39, 0.29) is 0 Å². The van der Waals surface area contributed by atoms with Gasteiger partial charge >= 0.3 is 0 Å². The van der Waals surface area contributed by atoms with Crippen molar-refractivity contribution in [3.8, 4) is 17.2 Å². The molecule has 2 N–H and O–H groups in total. The summed E-state index contributed by atoms with van der Waals surface area (Å²) in [5, 5.41) is 11.5. The number of aryl methyl sites for hydroxylation is 1. The maximum absolute atomic E-state index is 9.16. The number of nitrogens with two attached hydrogens (primary N) is 1. The third kappa shape index (κ3) is 2.32. The highest BCUT2D eigenvalue weighted by molar-refractivity contribution is 5.88. The van der Waals surface area contributed by atoms with Crippen molar-refractivity contribution in [2.45, 2.75) is 13.3 Å². The first kappa shape index (κ1) is 13.1. The maximum atomic E-state index is 9.16. The van der Waals surface area contributed by atoms with Crippen LogP contribution in [0.2, 0.25) is 0 Å². The lowest BCUT2D eigenvalue weighted by Crippen LogP contribution is -2.01. The van der Waals surface area contributed by atoms with Crippen molar-refractivity contribution in [1.29, 1.82) is 5.26 Å². The Morgan fingerprint density at radius 3 is 2.57 bits per heavy atom. The summed E-state index contributed by atoms with van der Waals surface area (Å²) in [6, 6.07) is 18.4. The number of pyridine rings is 1. The zero-order valence-corrected chi connectivity index (χ0v) is 11.8. The predicted molar refractivity (Wildman–Crippen MR) is 85.7 cm³/mol. The third-order valence-corrected chi connectivity index (χ3v) is 3.65. The summed E-state index contributed by atoms with van der Waals surface area (Å²) in [5.41, 5.74) is 9.20. The Kier molecular flexibility index (Phi) is 3.29. The molecule has 0 aliphatic heterocycles. The van der Waals surface area contributed by atoms with Gasteiger partial charge in [0.15, 0.2) is 0 Å². The number of benzene rings is 2. The van der Waals surface area contributed by atoms with Crippen molar-refractivity contribution in [2.75, 3.05) is 5.73 Å². The van der Waals surface area contributed by atoms with Gasteiger partial charge in [0.1, 0.15) is 11.9 Å². The summed E-state index contributed by atoms with van der Waals surface area (Å²) in [5.74, 6) is 0.305. The molecule has 3 heteroatoms. The molecule has 0 fully saturated rings. The van der Waals surface area contributed by atoms with Crippen molar-refractivity contribution in [3.05, 3.63) is 59.8 Å². The monoisotopic (exact) mass is 273 g/mol. The molecule has 0 radical (unpaired) electrons. The first-order valence-corrected chi connectivity index (χ1v) is 6.91. The molecule has 0 bridgehead atoms. The molecule has 3 nitrogen and oxygen atoms in total. The van der Waals surface area contributed by atoms with Crippen LogP contribution in [0.5, 0.6) is 0 Å². The maximum Gasteiger partial charge on any atom is 0.141 e. The van der Waals surface area contributed by atoms with Crippen LogP contribution in [0.1, 0.15) is 18.2 Å². The van der Waals surface area contributed by atoms with Gasteiger partial charge in [-0.15, -0.1) is 0 Å². The Labute approximate surface area is 123 Å². The van der Waals surface area contributed by atoms with Gasteiger partial charge < -0.3 is 5.73 Å². The van der Waals surface area contributed by atoms with Gasteiger partial charge in [-0.3, -0.25) is 0 Å². The molecule has 0 unspecified atom stereocenters. The van der Waals surface area contributed by atoms with Crippen LogP contribution in [0.4, 0.5) is 5.82 Å². The van der Waals surface area contributed by atoms with Crippen molar-refractivity contribution in [2.24, 2.45) is 0 Å². The molecule has 0 saturated heterocycles. The molecule has 3 rings (SSSR count). The minimum atomic E-state index is 0.305. The number of nitriles is 1. The quantitative estimate of drug-likeness (QED) is 0.769. The second kappa shape index (κ2) is 5.26. The van der Waals surface area contributed by atoms with E-state index in [4.69, 9.17) is 11.0 Å². The Hall–Kier alpha value is -2.86. The van der Waals surface area contributed by atoms with E-state index in [0.29, 0.717) is 11.4 Å². The Morgan fingerprint density at radius 2 is 1.86 bits per heavy atom. The highest BCUT2D eigenvalue weighted by Crippen LogP contribution is 2.29. The minimum absolute atomic E-state index is 0.305. The van der Waals surface area contributed by atoms with E-state index in [1.54, 1.807) is 0 Å². The molecular weight excluding hydrogens is 258 g/mol. The van der Waals surface area contributed by atoms with Crippen molar-refractivity contribution >= 4 is 16.6 Å². The fourth-order valence-electron chi connectivity index (χ4n) is 2.53. The molecule has 102 valence electrons. The van der Waals surface area contributed by atoms with Crippen LogP contribution in [-0.4, -0.2) is 4.98 Å². The fourth-order valence-corrected chi connectivity index (χ4v) is 2.53. The Morgan fingerprint density at radius 1 is 1.10 bits per heavy atom. The van der Waals surface area contributed by atoms with Gasteiger partial charge in [0.2, 0.25) is 0 Å². The zero-order valence-electron chi connectivity index (χ0n) is 11.8. The van der Waals surface area contributed by atoms with Crippen LogP contribution in [-0.2, 0) is 6.42 Å². The average molecular weight is 273 g/mol. The topological polar surface area (TPSA) is 62.7 Å². The molecule has 0 spiro atoms. The standard InChI is InChI=1S/C18H15N3/c1-2-17-16(10-15(11-19)18(20)21-17)14-8-7-12-5-3-4-6-13(12)9-14/h3-10H,2H2,1H3,(H2,20,21). The number of aromatic nitrogens is 1. The number of hydrogen-bond acceptors (Lipinski definition) is 3. The molecule has 1 aromatic heterocycles.